The van der Waals surface area contributed by atoms with Crippen LogP contribution in [-0.4, -0.2) is 36.8 Å². The predicted octanol–water partition coefficient (Wildman–Crippen LogP) is 1.53. The molecule has 0 spiro atoms. The number of hydrogen-bond acceptors (Lipinski definition) is 4. The fourth-order valence-corrected chi connectivity index (χ4v) is 1.94. The van der Waals surface area contributed by atoms with Crippen molar-refractivity contribution >= 4 is 5.84 Å². The highest BCUT2D eigenvalue weighted by atomic mass is 16.5. The molecule has 0 amide bonds. The molecule has 5 heteroatoms. The second-order valence-corrected chi connectivity index (χ2v) is 5.19. The SMILES string of the molecule is COCC(C)(C)NCC(/C(N)=N/O)c1ccccc1. The average Bonchev–Trinajstić information content (AvgIpc) is 2.39. The van der Waals surface area contributed by atoms with Crippen molar-refractivity contribution in [2.45, 2.75) is 25.3 Å². The number of benzene rings is 1. The highest BCUT2D eigenvalue weighted by Crippen LogP contribution is 2.16. The van der Waals surface area contributed by atoms with Gasteiger partial charge in [-0.1, -0.05) is 35.5 Å². The molecule has 5 nitrogen and oxygen atoms in total. The van der Waals surface area contributed by atoms with Crippen LogP contribution in [0.1, 0.15) is 25.3 Å². The molecular formula is C14H23N3O2. The first-order chi connectivity index (χ1) is 9.00. The largest absolute Gasteiger partial charge is 0.409 e. The smallest absolute Gasteiger partial charge is 0.147 e. The second-order valence-electron chi connectivity index (χ2n) is 5.19. The lowest BCUT2D eigenvalue weighted by atomic mass is 9.96. The average molecular weight is 265 g/mol. The molecule has 1 aromatic carbocycles. The molecule has 0 heterocycles. The number of amidine groups is 1. The minimum Gasteiger partial charge on any atom is -0.409 e. The van der Waals surface area contributed by atoms with Crippen LogP contribution in [0.3, 0.4) is 0 Å². The van der Waals surface area contributed by atoms with Gasteiger partial charge in [0.25, 0.3) is 0 Å². The van der Waals surface area contributed by atoms with Crippen LogP contribution >= 0.6 is 0 Å². The van der Waals surface area contributed by atoms with E-state index in [4.69, 9.17) is 15.7 Å². The summed E-state index contributed by atoms with van der Waals surface area (Å²) in [7, 11) is 1.67. The zero-order chi connectivity index (χ0) is 14.3. The highest BCUT2D eigenvalue weighted by Gasteiger charge is 2.22. The Bertz CT molecular complexity index is 404. The van der Waals surface area contributed by atoms with Gasteiger partial charge in [0, 0.05) is 19.2 Å². The summed E-state index contributed by atoms with van der Waals surface area (Å²) in [6.45, 7) is 5.26. The van der Waals surface area contributed by atoms with Gasteiger partial charge >= 0.3 is 0 Å². The minimum absolute atomic E-state index is 0.165. The number of nitrogens with zero attached hydrogens (tertiary/aromatic N) is 1. The normalized spacial score (nSPS) is 14.4. The molecule has 0 bridgehead atoms. The molecule has 0 aromatic heterocycles. The molecule has 19 heavy (non-hydrogen) atoms. The summed E-state index contributed by atoms with van der Waals surface area (Å²) in [5.41, 5.74) is 6.62. The first-order valence-corrected chi connectivity index (χ1v) is 6.26. The Morgan fingerprint density at radius 1 is 1.42 bits per heavy atom. The third-order valence-electron chi connectivity index (χ3n) is 2.96. The number of ether oxygens (including phenoxy) is 1. The first kappa shape index (κ1) is 15.5. The molecule has 0 fully saturated rings. The van der Waals surface area contributed by atoms with Gasteiger partial charge < -0.3 is 21.0 Å². The molecule has 106 valence electrons. The molecule has 0 aliphatic heterocycles. The predicted molar refractivity (Wildman–Crippen MR) is 76.5 cm³/mol. The Kier molecular flexibility index (Phi) is 5.79. The van der Waals surface area contributed by atoms with Gasteiger partial charge in [-0.3, -0.25) is 0 Å². The lowest BCUT2D eigenvalue weighted by molar-refractivity contribution is 0.128. The maximum atomic E-state index is 8.91. The third kappa shape index (κ3) is 4.89. The van der Waals surface area contributed by atoms with Crippen LogP contribution in [0.15, 0.2) is 35.5 Å². The van der Waals surface area contributed by atoms with E-state index < -0.39 is 0 Å². The van der Waals surface area contributed by atoms with E-state index in [0.717, 1.165) is 5.56 Å². The Balaban J connectivity index is 2.78. The second kappa shape index (κ2) is 7.11. The first-order valence-electron chi connectivity index (χ1n) is 6.26. The van der Waals surface area contributed by atoms with Crippen molar-refractivity contribution < 1.29 is 9.94 Å². The van der Waals surface area contributed by atoms with Crippen LogP contribution < -0.4 is 11.1 Å². The van der Waals surface area contributed by atoms with E-state index in [1.165, 1.54) is 0 Å². The van der Waals surface area contributed by atoms with E-state index >= 15 is 0 Å². The van der Waals surface area contributed by atoms with E-state index in [2.05, 4.69) is 10.5 Å². The van der Waals surface area contributed by atoms with Crippen molar-refractivity contribution in [3.63, 3.8) is 0 Å². The molecule has 1 atom stereocenters. The molecular weight excluding hydrogens is 242 g/mol. The Morgan fingerprint density at radius 2 is 2.05 bits per heavy atom. The monoisotopic (exact) mass is 265 g/mol. The zero-order valence-corrected chi connectivity index (χ0v) is 11.8. The lowest BCUT2D eigenvalue weighted by Gasteiger charge is -2.28. The number of rotatable bonds is 7. The number of oxime groups is 1. The van der Waals surface area contributed by atoms with Gasteiger partial charge in [0.1, 0.15) is 5.84 Å². The topological polar surface area (TPSA) is 79.9 Å². The van der Waals surface area contributed by atoms with Crippen LogP contribution in [-0.2, 0) is 4.74 Å². The molecule has 0 saturated carbocycles. The van der Waals surface area contributed by atoms with E-state index in [1.807, 2.05) is 44.2 Å². The Hall–Kier alpha value is -1.59. The number of methoxy groups -OCH3 is 1. The number of nitrogens with one attached hydrogen (secondary N) is 1. The fraction of sp³-hybridized carbons (Fsp3) is 0.500. The van der Waals surface area contributed by atoms with Crippen molar-refractivity contribution in [3.8, 4) is 0 Å². The molecule has 1 rings (SSSR count). The summed E-state index contributed by atoms with van der Waals surface area (Å²) >= 11 is 0. The summed E-state index contributed by atoms with van der Waals surface area (Å²) in [5.74, 6) is 0.0363. The Labute approximate surface area is 114 Å². The standard InChI is InChI=1S/C14H23N3O2/c1-14(2,10-19-3)16-9-12(13(15)17-18)11-7-5-4-6-8-11/h4-8,12,16,18H,9-10H2,1-3H3,(H2,15,17). The quantitative estimate of drug-likeness (QED) is 0.302. The van der Waals surface area contributed by atoms with Gasteiger partial charge in [-0.15, -0.1) is 0 Å². The summed E-state index contributed by atoms with van der Waals surface area (Å²) in [4.78, 5) is 0. The van der Waals surface area contributed by atoms with E-state index in [9.17, 15) is 0 Å². The van der Waals surface area contributed by atoms with Gasteiger partial charge in [-0.05, 0) is 19.4 Å². The maximum Gasteiger partial charge on any atom is 0.147 e. The lowest BCUT2D eigenvalue weighted by Crippen LogP contribution is -2.46. The molecule has 0 saturated heterocycles. The van der Waals surface area contributed by atoms with Crippen LogP contribution in [0.25, 0.3) is 0 Å². The highest BCUT2D eigenvalue weighted by molar-refractivity contribution is 5.87. The van der Waals surface area contributed by atoms with Crippen molar-refractivity contribution in [1.29, 1.82) is 0 Å². The van der Waals surface area contributed by atoms with Crippen LogP contribution in [0, 0.1) is 0 Å². The molecule has 0 aliphatic carbocycles. The summed E-state index contributed by atoms with van der Waals surface area (Å²) in [5, 5.41) is 15.4. The van der Waals surface area contributed by atoms with Gasteiger partial charge in [0.2, 0.25) is 0 Å². The van der Waals surface area contributed by atoms with E-state index in [-0.39, 0.29) is 17.3 Å². The van der Waals surface area contributed by atoms with E-state index in [0.29, 0.717) is 13.2 Å². The number of hydrogen-bond donors (Lipinski definition) is 3. The number of nitrogens with two attached hydrogens (primary N) is 1. The molecule has 4 N–H and O–H groups in total. The van der Waals surface area contributed by atoms with Crippen LogP contribution in [0.4, 0.5) is 0 Å². The van der Waals surface area contributed by atoms with Gasteiger partial charge in [0.15, 0.2) is 0 Å². The van der Waals surface area contributed by atoms with Gasteiger partial charge in [-0.25, -0.2) is 0 Å². The summed E-state index contributed by atoms with van der Waals surface area (Å²) < 4.78 is 5.16. The van der Waals surface area contributed by atoms with Crippen molar-refractivity contribution in [1.82, 2.24) is 5.32 Å². The molecule has 1 aromatic rings. The van der Waals surface area contributed by atoms with Crippen molar-refractivity contribution in [2.24, 2.45) is 10.9 Å². The van der Waals surface area contributed by atoms with Crippen molar-refractivity contribution in [3.05, 3.63) is 35.9 Å². The maximum absolute atomic E-state index is 8.91. The molecule has 1 unspecified atom stereocenters. The van der Waals surface area contributed by atoms with Crippen LogP contribution in [0.5, 0.6) is 0 Å². The fourth-order valence-electron chi connectivity index (χ4n) is 1.94. The van der Waals surface area contributed by atoms with Crippen LogP contribution in [0.2, 0.25) is 0 Å². The summed E-state index contributed by atoms with van der Waals surface area (Å²) in [6.07, 6.45) is 0. The van der Waals surface area contributed by atoms with Crippen molar-refractivity contribution in [2.75, 3.05) is 20.3 Å². The molecule has 0 aliphatic rings. The summed E-state index contributed by atoms with van der Waals surface area (Å²) in [6, 6.07) is 9.75. The molecule has 0 radical (unpaired) electrons. The van der Waals surface area contributed by atoms with E-state index in [1.54, 1.807) is 7.11 Å². The Morgan fingerprint density at radius 3 is 2.58 bits per heavy atom. The minimum atomic E-state index is -0.169. The van der Waals surface area contributed by atoms with Gasteiger partial charge in [-0.2, -0.15) is 0 Å². The third-order valence-corrected chi connectivity index (χ3v) is 2.96. The van der Waals surface area contributed by atoms with Gasteiger partial charge in [0.05, 0.1) is 12.5 Å². The zero-order valence-electron chi connectivity index (χ0n) is 11.8.